The number of halogens is 1. The van der Waals surface area contributed by atoms with Crippen molar-refractivity contribution >= 4 is 40.5 Å². The third kappa shape index (κ3) is 4.93. The maximum absolute atomic E-state index is 12.0. The molecule has 1 fully saturated rings. The largest absolute Gasteiger partial charge is 0.378 e. The number of morpholine rings is 1. The Kier molecular flexibility index (Phi) is 6.43. The third-order valence-corrected chi connectivity index (χ3v) is 4.79. The summed E-state index contributed by atoms with van der Waals surface area (Å²) in [4.78, 5) is 19.0. The van der Waals surface area contributed by atoms with Crippen LogP contribution >= 0.6 is 23.7 Å². The highest BCUT2D eigenvalue weighted by Crippen LogP contribution is 2.29. The Morgan fingerprint density at radius 3 is 2.44 bits per heavy atom. The summed E-state index contributed by atoms with van der Waals surface area (Å²) in [6.07, 6.45) is 0. The predicted molar refractivity (Wildman–Crippen MR) is 106 cm³/mol. The Labute approximate surface area is 158 Å². The average molecular weight is 382 g/mol. The Bertz CT molecular complexity index is 704. The van der Waals surface area contributed by atoms with Crippen LogP contribution in [0.5, 0.6) is 0 Å². The van der Waals surface area contributed by atoms with Gasteiger partial charge in [-0.25, -0.2) is 4.98 Å². The molecule has 2 heterocycles. The van der Waals surface area contributed by atoms with Crippen molar-refractivity contribution in [2.45, 2.75) is 20.8 Å². The second-order valence-electron chi connectivity index (χ2n) is 6.90. The van der Waals surface area contributed by atoms with Crippen LogP contribution in [0.3, 0.4) is 0 Å². The van der Waals surface area contributed by atoms with Gasteiger partial charge in [-0.05, 0) is 12.1 Å². The molecule has 136 valence electrons. The van der Waals surface area contributed by atoms with Crippen LogP contribution in [0, 0.1) is 5.41 Å². The molecule has 7 heteroatoms. The van der Waals surface area contributed by atoms with Gasteiger partial charge in [-0.2, -0.15) is 0 Å². The number of thiazole rings is 1. The van der Waals surface area contributed by atoms with Crippen molar-refractivity contribution in [3.8, 4) is 11.3 Å². The van der Waals surface area contributed by atoms with Crippen molar-refractivity contribution < 1.29 is 9.53 Å². The Morgan fingerprint density at radius 1 is 1.20 bits per heavy atom. The van der Waals surface area contributed by atoms with Gasteiger partial charge in [-0.1, -0.05) is 32.9 Å². The Morgan fingerprint density at radius 2 is 1.84 bits per heavy atom. The van der Waals surface area contributed by atoms with Crippen molar-refractivity contribution in [2.24, 2.45) is 5.41 Å². The zero-order valence-corrected chi connectivity index (χ0v) is 16.4. The number of nitrogens with zero attached hydrogens (tertiary/aromatic N) is 2. The fraction of sp³-hybridized carbons (Fsp3) is 0.444. The molecule has 1 N–H and O–H groups in total. The SMILES string of the molecule is CC(C)(C)C(=O)Nc1ccc(-c2csc(N3CCOCC3)n2)cc1.Cl. The van der Waals surface area contributed by atoms with Gasteiger partial charge in [-0.3, -0.25) is 4.79 Å². The lowest BCUT2D eigenvalue weighted by Gasteiger charge is -2.26. The minimum absolute atomic E-state index is 0. The number of carbonyl (C=O) groups is 1. The molecule has 1 saturated heterocycles. The summed E-state index contributed by atoms with van der Waals surface area (Å²) in [6, 6.07) is 7.84. The van der Waals surface area contributed by atoms with Crippen LogP contribution in [-0.2, 0) is 9.53 Å². The van der Waals surface area contributed by atoms with E-state index in [2.05, 4.69) is 15.6 Å². The molecule has 0 spiro atoms. The number of aromatic nitrogens is 1. The van der Waals surface area contributed by atoms with Crippen LogP contribution in [0.25, 0.3) is 11.3 Å². The summed E-state index contributed by atoms with van der Waals surface area (Å²) in [5.74, 6) is 0.0125. The lowest BCUT2D eigenvalue weighted by molar-refractivity contribution is -0.123. The van der Waals surface area contributed by atoms with Crippen molar-refractivity contribution in [3.63, 3.8) is 0 Å². The monoisotopic (exact) mass is 381 g/mol. The molecule has 0 aliphatic carbocycles. The number of amides is 1. The van der Waals surface area contributed by atoms with E-state index in [4.69, 9.17) is 9.72 Å². The molecule has 1 aromatic carbocycles. The smallest absolute Gasteiger partial charge is 0.229 e. The first kappa shape index (κ1) is 19.7. The minimum atomic E-state index is -0.402. The minimum Gasteiger partial charge on any atom is -0.378 e. The number of anilines is 2. The van der Waals surface area contributed by atoms with Gasteiger partial charge in [0.05, 0.1) is 18.9 Å². The van der Waals surface area contributed by atoms with E-state index >= 15 is 0 Å². The second-order valence-corrected chi connectivity index (χ2v) is 7.73. The number of hydrogen-bond acceptors (Lipinski definition) is 5. The number of benzene rings is 1. The first-order valence-corrected chi connectivity index (χ1v) is 9.01. The molecule has 1 amide bonds. The third-order valence-electron chi connectivity index (χ3n) is 3.89. The van der Waals surface area contributed by atoms with E-state index in [-0.39, 0.29) is 18.3 Å². The first-order chi connectivity index (χ1) is 11.4. The molecular formula is C18H24ClN3O2S. The molecular weight excluding hydrogens is 358 g/mol. The molecule has 0 atom stereocenters. The van der Waals surface area contributed by atoms with Gasteiger partial charge < -0.3 is 15.0 Å². The van der Waals surface area contributed by atoms with Crippen molar-refractivity contribution in [1.29, 1.82) is 0 Å². The van der Waals surface area contributed by atoms with Crippen LogP contribution in [0.2, 0.25) is 0 Å². The maximum atomic E-state index is 12.0. The number of carbonyl (C=O) groups excluding carboxylic acids is 1. The molecule has 25 heavy (non-hydrogen) atoms. The fourth-order valence-electron chi connectivity index (χ4n) is 2.34. The quantitative estimate of drug-likeness (QED) is 0.871. The topological polar surface area (TPSA) is 54.5 Å². The Balaban J connectivity index is 0.00000225. The van der Waals surface area contributed by atoms with E-state index < -0.39 is 5.41 Å². The summed E-state index contributed by atoms with van der Waals surface area (Å²) in [7, 11) is 0. The molecule has 1 aliphatic rings. The maximum Gasteiger partial charge on any atom is 0.229 e. The van der Waals surface area contributed by atoms with Gasteiger partial charge >= 0.3 is 0 Å². The molecule has 0 radical (unpaired) electrons. The summed E-state index contributed by atoms with van der Waals surface area (Å²) in [5.41, 5.74) is 2.43. The van der Waals surface area contributed by atoms with Crippen LogP contribution in [0.15, 0.2) is 29.6 Å². The van der Waals surface area contributed by atoms with Crippen LogP contribution < -0.4 is 10.2 Å². The van der Waals surface area contributed by atoms with Crippen molar-refractivity contribution in [2.75, 3.05) is 36.5 Å². The van der Waals surface area contributed by atoms with Crippen molar-refractivity contribution in [3.05, 3.63) is 29.6 Å². The van der Waals surface area contributed by atoms with E-state index in [0.717, 1.165) is 48.4 Å². The van der Waals surface area contributed by atoms with Gasteiger partial charge in [0.2, 0.25) is 5.91 Å². The number of rotatable bonds is 3. The average Bonchev–Trinajstić information content (AvgIpc) is 3.05. The van der Waals surface area contributed by atoms with Crippen LogP contribution in [0.4, 0.5) is 10.8 Å². The van der Waals surface area contributed by atoms with Gasteiger partial charge in [0.15, 0.2) is 5.13 Å². The highest BCUT2D eigenvalue weighted by Gasteiger charge is 2.21. The highest BCUT2D eigenvalue weighted by atomic mass is 35.5. The zero-order valence-electron chi connectivity index (χ0n) is 14.7. The fourth-order valence-corrected chi connectivity index (χ4v) is 3.23. The van der Waals surface area contributed by atoms with Crippen molar-refractivity contribution in [1.82, 2.24) is 4.98 Å². The van der Waals surface area contributed by atoms with E-state index in [9.17, 15) is 4.79 Å². The van der Waals surface area contributed by atoms with Gasteiger partial charge in [0.25, 0.3) is 0 Å². The molecule has 1 aromatic heterocycles. The van der Waals surface area contributed by atoms with Gasteiger partial charge in [-0.15, -0.1) is 23.7 Å². The molecule has 1 aliphatic heterocycles. The van der Waals surface area contributed by atoms with Crippen LogP contribution in [0.1, 0.15) is 20.8 Å². The van der Waals surface area contributed by atoms with E-state index in [1.54, 1.807) is 11.3 Å². The van der Waals surface area contributed by atoms with Gasteiger partial charge in [0, 0.05) is 35.1 Å². The molecule has 0 saturated carbocycles. The summed E-state index contributed by atoms with van der Waals surface area (Å²) in [6.45, 7) is 9.01. The van der Waals surface area contributed by atoms with E-state index in [0.29, 0.717) is 0 Å². The lowest BCUT2D eigenvalue weighted by atomic mass is 9.95. The molecule has 0 bridgehead atoms. The normalized spacial score (nSPS) is 14.8. The molecule has 0 unspecified atom stereocenters. The Hall–Kier alpha value is -1.63. The lowest BCUT2D eigenvalue weighted by Crippen LogP contribution is -2.36. The van der Waals surface area contributed by atoms with Crippen LogP contribution in [-0.4, -0.2) is 37.2 Å². The zero-order chi connectivity index (χ0) is 17.2. The van der Waals surface area contributed by atoms with Gasteiger partial charge in [0.1, 0.15) is 0 Å². The highest BCUT2D eigenvalue weighted by molar-refractivity contribution is 7.14. The summed E-state index contributed by atoms with van der Waals surface area (Å²) >= 11 is 1.66. The van der Waals surface area contributed by atoms with E-state index in [1.807, 2.05) is 45.0 Å². The number of hydrogen-bond donors (Lipinski definition) is 1. The molecule has 5 nitrogen and oxygen atoms in total. The molecule has 2 aromatic rings. The number of nitrogens with one attached hydrogen (secondary N) is 1. The first-order valence-electron chi connectivity index (χ1n) is 8.13. The van der Waals surface area contributed by atoms with E-state index in [1.165, 1.54) is 0 Å². The molecule has 3 rings (SSSR count). The number of ether oxygens (including phenoxy) is 1. The second kappa shape index (κ2) is 8.17. The predicted octanol–water partition coefficient (Wildman–Crippen LogP) is 4.05. The summed E-state index contributed by atoms with van der Waals surface area (Å²) < 4.78 is 5.38. The standard InChI is InChI=1S/C18H23N3O2S.ClH/c1-18(2,3)16(22)19-14-6-4-13(5-7-14)15-12-24-17(20-15)21-8-10-23-11-9-21;/h4-7,12H,8-11H2,1-3H3,(H,19,22);1H. The summed E-state index contributed by atoms with van der Waals surface area (Å²) in [5, 5.41) is 6.06.